The number of benzene rings is 2. The van der Waals surface area contributed by atoms with Gasteiger partial charge in [-0.15, -0.1) is 10.2 Å². The minimum absolute atomic E-state index is 0.0485. The molecule has 30 heavy (non-hydrogen) atoms. The van der Waals surface area contributed by atoms with Crippen LogP contribution in [0.2, 0.25) is 0 Å². The van der Waals surface area contributed by atoms with Crippen molar-refractivity contribution >= 4 is 17.7 Å². The second-order valence-corrected chi connectivity index (χ2v) is 8.56. The molecule has 3 aromatic rings. The number of nitrogens with zero attached hydrogens (tertiary/aromatic N) is 3. The fourth-order valence-electron chi connectivity index (χ4n) is 3.77. The summed E-state index contributed by atoms with van der Waals surface area (Å²) in [6.07, 6.45) is 5.81. The van der Waals surface area contributed by atoms with E-state index in [4.69, 9.17) is 0 Å². The summed E-state index contributed by atoms with van der Waals surface area (Å²) in [4.78, 5) is 12.5. The molecule has 2 N–H and O–H groups in total. The third-order valence-electron chi connectivity index (χ3n) is 5.33. The second kappa shape index (κ2) is 9.80. The molecule has 1 heterocycles. The van der Waals surface area contributed by atoms with Gasteiger partial charge in [0.1, 0.15) is 5.75 Å². The Morgan fingerprint density at radius 1 is 1.03 bits per heavy atom. The molecule has 6 nitrogen and oxygen atoms in total. The highest BCUT2D eigenvalue weighted by Crippen LogP contribution is 2.26. The molecule has 1 aromatic heterocycles. The van der Waals surface area contributed by atoms with E-state index in [0.717, 1.165) is 24.0 Å². The zero-order valence-electron chi connectivity index (χ0n) is 16.8. The van der Waals surface area contributed by atoms with E-state index < -0.39 is 0 Å². The summed E-state index contributed by atoms with van der Waals surface area (Å²) >= 11 is 1.41. The Morgan fingerprint density at radius 3 is 2.50 bits per heavy atom. The number of carbonyl (C=O) groups is 1. The number of phenolic OH excluding ortho intramolecular Hbond substituents is 1. The number of nitrogens with one attached hydrogen (secondary N) is 1. The molecule has 0 unspecified atom stereocenters. The molecular formula is C23H26N4O2S. The Kier molecular flexibility index (Phi) is 6.69. The van der Waals surface area contributed by atoms with Crippen LogP contribution in [0.1, 0.15) is 37.7 Å². The lowest BCUT2D eigenvalue weighted by Gasteiger charge is -2.22. The monoisotopic (exact) mass is 422 g/mol. The number of hydrogen-bond donors (Lipinski definition) is 2. The lowest BCUT2D eigenvalue weighted by molar-refractivity contribution is -0.119. The lowest BCUT2D eigenvalue weighted by Crippen LogP contribution is -2.37. The number of carbonyl (C=O) groups excluding carboxylic acids is 1. The number of aromatic nitrogens is 3. The van der Waals surface area contributed by atoms with Gasteiger partial charge in [0.2, 0.25) is 5.91 Å². The maximum atomic E-state index is 12.5. The molecule has 1 amide bonds. The van der Waals surface area contributed by atoms with Crippen LogP contribution in [0, 0.1) is 0 Å². The normalized spacial score (nSPS) is 14.5. The van der Waals surface area contributed by atoms with E-state index in [-0.39, 0.29) is 11.7 Å². The summed E-state index contributed by atoms with van der Waals surface area (Å²) in [5.74, 6) is 1.29. The first kappa shape index (κ1) is 20.5. The van der Waals surface area contributed by atoms with E-state index in [1.54, 1.807) is 12.1 Å². The second-order valence-electron chi connectivity index (χ2n) is 7.62. The van der Waals surface area contributed by atoms with Gasteiger partial charge in [-0.2, -0.15) is 0 Å². The Balaban J connectivity index is 1.51. The zero-order chi connectivity index (χ0) is 20.8. The number of phenols is 1. The average molecular weight is 423 g/mol. The Hall–Kier alpha value is -2.80. The third-order valence-corrected chi connectivity index (χ3v) is 6.30. The van der Waals surface area contributed by atoms with Crippen LogP contribution < -0.4 is 5.32 Å². The number of aromatic hydroxyl groups is 1. The largest absolute Gasteiger partial charge is 0.508 e. The van der Waals surface area contributed by atoms with E-state index in [1.807, 2.05) is 34.9 Å². The van der Waals surface area contributed by atoms with E-state index in [9.17, 15) is 9.90 Å². The zero-order valence-corrected chi connectivity index (χ0v) is 17.6. The number of rotatable bonds is 7. The first-order valence-electron chi connectivity index (χ1n) is 10.4. The van der Waals surface area contributed by atoms with Crippen LogP contribution in [-0.4, -0.2) is 37.6 Å². The fraction of sp³-hybridized carbons (Fsp3) is 0.348. The maximum Gasteiger partial charge on any atom is 0.230 e. The van der Waals surface area contributed by atoms with Crippen molar-refractivity contribution in [3.63, 3.8) is 0 Å². The Labute approximate surface area is 180 Å². The molecule has 0 radical (unpaired) electrons. The van der Waals surface area contributed by atoms with Crippen molar-refractivity contribution in [2.24, 2.45) is 0 Å². The van der Waals surface area contributed by atoms with Crippen LogP contribution >= 0.6 is 11.8 Å². The molecule has 0 atom stereocenters. The van der Waals surface area contributed by atoms with E-state index in [1.165, 1.54) is 31.0 Å². The smallest absolute Gasteiger partial charge is 0.230 e. The number of hydrogen-bond acceptors (Lipinski definition) is 5. The van der Waals surface area contributed by atoms with Crippen molar-refractivity contribution in [2.45, 2.75) is 49.8 Å². The van der Waals surface area contributed by atoms with Gasteiger partial charge in [0.05, 0.1) is 12.3 Å². The van der Waals surface area contributed by atoms with Gasteiger partial charge in [0.25, 0.3) is 0 Å². The molecule has 156 valence electrons. The summed E-state index contributed by atoms with van der Waals surface area (Å²) in [5, 5.41) is 22.2. The first-order chi connectivity index (χ1) is 14.7. The van der Waals surface area contributed by atoms with E-state index in [0.29, 0.717) is 29.3 Å². The molecule has 1 aliphatic rings. The Bertz CT molecular complexity index is 967. The molecule has 0 bridgehead atoms. The van der Waals surface area contributed by atoms with Crippen molar-refractivity contribution < 1.29 is 9.90 Å². The van der Waals surface area contributed by atoms with Crippen LogP contribution in [0.5, 0.6) is 5.75 Å². The van der Waals surface area contributed by atoms with Gasteiger partial charge in [0.15, 0.2) is 11.0 Å². The van der Waals surface area contributed by atoms with Crippen LogP contribution in [0.3, 0.4) is 0 Å². The first-order valence-corrected chi connectivity index (χ1v) is 11.4. The standard InChI is InChI=1S/C23H26N4O2S/c28-20-13-11-18(12-14-20)22-25-26-23(27(22)15-17-7-3-1-4-8-17)30-16-21(29)24-19-9-5-2-6-10-19/h1,3-4,7-8,11-14,19,28H,2,5-6,9-10,15-16H2,(H,24,29). The van der Waals surface area contributed by atoms with Crippen molar-refractivity contribution in [3.8, 4) is 17.1 Å². The predicted octanol–water partition coefficient (Wildman–Crippen LogP) is 4.24. The van der Waals surface area contributed by atoms with Crippen LogP contribution in [0.15, 0.2) is 59.8 Å². The molecular weight excluding hydrogens is 396 g/mol. The van der Waals surface area contributed by atoms with Crippen molar-refractivity contribution in [3.05, 3.63) is 60.2 Å². The van der Waals surface area contributed by atoms with E-state index >= 15 is 0 Å². The highest BCUT2D eigenvalue weighted by molar-refractivity contribution is 7.99. The maximum absolute atomic E-state index is 12.5. The molecule has 7 heteroatoms. The molecule has 1 fully saturated rings. The molecule has 1 aliphatic carbocycles. The average Bonchev–Trinajstić information content (AvgIpc) is 3.16. The van der Waals surface area contributed by atoms with Gasteiger partial charge >= 0.3 is 0 Å². The summed E-state index contributed by atoms with van der Waals surface area (Å²) in [6, 6.07) is 17.4. The highest BCUT2D eigenvalue weighted by atomic mass is 32.2. The topological polar surface area (TPSA) is 80.0 Å². The molecule has 0 saturated heterocycles. The molecule has 2 aromatic carbocycles. The predicted molar refractivity (Wildman–Crippen MR) is 118 cm³/mol. The van der Waals surface area contributed by atoms with Crippen LogP contribution in [0.4, 0.5) is 0 Å². The van der Waals surface area contributed by atoms with Gasteiger partial charge < -0.3 is 10.4 Å². The molecule has 0 spiro atoms. The molecule has 4 rings (SSSR count). The van der Waals surface area contributed by atoms with Crippen LogP contribution in [0.25, 0.3) is 11.4 Å². The van der Waals surface area contributed by atoms with Crippen molar-refractivity contribution in [1.29, 1.82) is 0 Å². The third kappa shape index (κ3) is 5.21. The SMILES string of the molecule is O=C(CSc1nnc(-c2ccc(O)cc2)n1Cc1ccccc1)NC1CCCCC1. The minimum Gasteiger partial charge on any atom is -0.508 e. The van der Waals surface area contributed by atoms with Gasteiger partial charge in [-0.1, -0.05) is 61.4 Å². The minimum atomic E-state index is 0.0485. The van der Waals surface area contributed by atoms with Crippen molar-refractivity contribution in [1.82, 2.24) is 20.1 Å². The summed E-state index contributed by atoms with van der Waals surface area (Å²) in [6.45, 7) is 0.608. The summed E-state index contributed by atoms with van der Waals surface area (Å²) in [7, 11) is 0. The summed E-state index contributed by atoms with van der Waals surface area (Å²) < 4.78 is 2.03. The van der Waals surface area contributed by atoms with Gasteiger partial charge in [-0.25, -0.2) is 0 Å². The highest BCUT2D eigenvalue weighted by Gasteiger charge is 2.19. The number of thioether (sulfide) groups is 1. The number of amides is 1. The quantitative estimate of drug-likeness (QED) is 0.557. The van der Waals surface area contributed by atoms with Crippen LogP contribution in [-0.2, 0) is 11.3 Å². The molecule has 1 saturated carbocycles. The lowest BCUT2D eigenvalue weighted by atomic mass is 9.95. The fourth-order valence-corrected chi connectivity index (χ4v) is 4.52. The van der Waals surface area contributed by atoms with E-state index in [2.05, 4.69) is 27.6 Å². The van der Waals surface area contributed by atoms with Gasteiger partial charge in [-0.05, 0) is 42.7 Å². The Morgan fingerprint density at radius 2 is 1.77 bits per heavy atom. The van der Waals surface area contributed by atoms with Gasteiger partial charge in [0, 0.05) is 11.6 Å². The summed E-state index contributed by atoms with van der Waals surface area (Å²) in [5.41, 5.74) is 2.00. The van der Waals surface area contributed by atoms with Crippen molar-refractivity contribution in [2.75, 3.05) is 5.75 Å². The molecule has 0 aliphatic heterocycles. The van der Waals surface area contributed by atoms with Gasteiger partial charge in [-0.3, -0.25) is 9.36 Å².